The van der Waals surface area contributed by atoms with E-state index in [1.54, 1.807) is 18.5 Å². The van der Waals surface area contributed by atoms with Gasteiger partial charge in [0.1, 0.15) is 11.6 Å². The van der Waals surface area contributed by atoms with E-state index in [9.17, 15) is 4.79 Å². The number of carbonyl (C=O) groups excluding carboxylic acids is 1. The number of imidazole rings is 1. The number of H-pyrrole nitrogens is 1. The Bertz CT molecular complexity index is 626. The Morgan fingerprint density at radius 2 is 2.18 bits per heavy atom. The summed E-state index contributed by atoms with van der Waals surface area (Å²) in [7, 11) is 0. The van der Waals surface area contributed by atoms with E-state index < -0.39 is 5.91 Å². The molecule has 0 aliphatic rings. The molecule has 1 amide bonds. The first-order chi connectivity index (χ1) is 10.5. The molecule has 2 heterocycles. The van der Waals surface area contributed by atoms with Crippen molar-refractivity contribution < 1.29 is 14.7 Å². The molecule has 22 heavy (non-hydrogen) atoms. The third-order valence-corrected chi connectivity index (χ3v) is 2.94. The highest BCUT2D eigenvalue weighted by Gasteiger charge is 2.11. The predicted octanol–water partition coefficient (Wildman–Crippen LogP) is 0.876. The lowest BCUT2D eigenvalue weighted by atomic mass is 10.1. The number of pyridine rings is 1. The molecule has 0 spiro atoms. The number of anilines is 1. The first-order valence-electron chi connectivity index (χ1n) is 6.57. The number of nitrogens with two attached hydrogens (primary N) is 1. The van der Waals surface area contributed by atoms with Crippen molar-refractivity contribution in [1.82, 2.24) is 15.0 Å². The smallest absolute Gasteiger partial charge is 0.290 e. The molecule has 0 aliphatic heterocycles. The number of primary amides is 1. The highest BCUT2D eigenvalue weighted by atomic mass is 16.3. The van der Waals surface area contributed by atoms with Gasteiger partial charge in [-0.2, -0.15) is 0 Å². The van der Waals surface area contributed by atoms with Gasteiger partial charge < -0.3 is 21.1 Å². The molecule has 2 aromatic rings. The molecular formula is C14H19N5O3. The zero-order valence-electron chi connectivity index (χ0n) is 12.5. The number of hydrogen-bond donors (Lipinski definition) is 4. The normalized spacial score (nSPS) is 9.55. The molecule has 0 saturated carbocycles. The lowest BCUT2D eigenvalue weighted by Gasteiger charge is -2.11. The van der Waals surface area contributed by atoms with Gasteiger partial charge >= 0.3 is 0 Å². The first kappa shape index (κ1) is 17.2. The third-order valence-electron chi connectivity index (χ3n) is 2.94. The van der Waals surface area contributed by atoms with Gasteiger partial charge in [0.05, 0.1) is 5.56 Å². The number of nitrogens with zero attached hydrogens (tertiary/aromatic N) is 2. The molecule has 0 atom stereocenters. The Kier molecular flexibility index (Phi) is 6.55. The van der Waals surface area contributed by atoms with Crippen molar-refractivity contribution in [2.75, 3.05) is 11.9 Å². The minimum absolute atomic E-state index is 0.250. The number of amides is 1. The summed E-state index contributed by atoms with van der Waals surface area (Å²) in [5, 5.41) is 10.0. The van der Waals surface area contributed by atoms with Gasteiger partial charge in [-0.3, -0.25) is 9.59 Å². The SMILES string of the molecule is Cc1cc(C(N)=O)c(NCCc2ncc[nH]2)nc1C.O=CO. The molecule has 0 saturated heterocycles. The molecule has 5 N–H and O–H groups in total. The van der Waals surface area contributed by atoms with Gasteiger partial charge in [0.2, 0.25) is 0 Å². The molecule has 0 aromatic carbocycles. The van der Waals surface area contributed by atoms with E-state index in [2.05, 4.69) is 20.3 Å². The van der Waals surface area contributed by atoms with Crippen LogP contribution in [0.1, 0.15) is 27.4 Å². The number of rotatable bonds is 5. The van der Waals surface area contributed by atoms with Crippen molar-refractivity contribution in [3.8, 4) is 0 Å². The number of aromatic amines is 1. The molecular weight excluding hydrogens is 286 g/mol. The van der Waals surface area contributed by atoms with Crippen LogP contribution in [0.3, 0.4) is 0 Å². The quantitative estimate of drug-likeness (QED) is 0.606. The summed E-state index contributed by atoms with van der Waals surface area (Å²) in [6.07, 6.45) is 4.21. The molecule has 0 unspecified atom stereocenters. The molecule has 0 bridgehead atoms. The lowest BCUT2D eigenvalue weighted by Crippen LogP contribution is -2.18. The van der Waals surface area contributed by atoms with Crippen molar-refractivity contribution in [1.29, 1.82) is 0 Å². The molecule has 118 valence electrons. The van der Waals surface area contributed by atoms with Crippen LogP contribution in [0.2, 0.25) is 0 Å². The first-order valence-corrected chi connectivity index (χ1v) is 6.57. The Morgan fingerprint density at radius 3 is 2.73 bits per heavy atom. The van der Waals surface area contributed by atoms with Crippen LogP contribution in [0.25, 0.3) is 0 Å². The minimum Gasteiger partial charge on any atom is -0.483 e. The molecule has 2 aromatic heterocycles. The highest BCUT2D eigenvalue weighted by molar-refractivity contribution is 5.97. The maximum atomic E-state index is 11.4. The number of hydrogen-bond acceptors (Lipinski definition) is 5. The van der Waals surface area contributed by atoms with Crippen LogP contribution in [0.15, 0.2) is 18.5 Å². The lowest BCUT2D eigenvalue weighted by molar-refractivity contribution is -0.122. The van der Waals surface area contributed by atoms with E-state index in [0.717, 1.165) is 23.5 Å². The van der Waals surface area contributed by atoms with Crippen LogP contribution in [-0.4, -0.2) is 39.0 Å². The van der Waals surface area contributed by atoms with Gasteiger partial charge in [0.15, 0.2) is 0 Å². The van der Waals surface area contributed by atoms with E-state index in [4.69, 9.17) is 15.6 Å². The summed E-state index contributed by atoms with van der Waals surface area (Å²) in [5.41, 5.74) is 7.61. The fourth-order valence-corrected chi connectivity index (χ4v) is 1.76. The monoisotopic (exact) mass is 305 g/mol. The van der Waals surface area contributed by atoms with E-state index >= 15 is 0 Å². The Morgan fingerprint density at radius 1 is 1.50 bits per heavy atom. The van der Waals surface area contributed by atoms with Crippen LogP contribution < -0.4 is 11.1 Å². The molecule has 0 fully saturated rings. The van der Waals surface area contributed by atoms with Gasteiger partial charge in [0.25, 0.3) is 12.4 Å². The Labute approximate surface area is 127 Å². The minimum atomic E-state index is -0.476. The number of nitrogens with one attached hydrogen (secondary N) is 2. The zero-order valence-corrected chi connectivity index (χ0v) is 12.5. The summed E-state index contributed by atoms with van der Waals surface area (Å²) >= 11 is 0. The highest BCUT2D eigenvalue weighted by Crippen LogP contribution is 2.16. The number of carboxylic acid groups (broad SMARTS) is 1. The van der Waals surface area contributed by atoms with Crippen LogP contribution in [0, 0.1) is 13.8 Å². The fourth-order valence-electron chi connectivity index (χ4n) is 1.76. The molecule has 8 heteroatoms. The van der Waals surface area contributed by atoms with Crippen molar-refractivity contribution in [3.05, 3.63) is 41.1 Å². The third kappa shape index (κ3) is 4.89. The second-order valence-electron chi connectivity index (χ2n) is 4.47. The number of aryl methyl sites for hydroxylation is 2. The average Bonchev–Trinajstić information content (AvgIpc) is 2.96. The van der Waals surface area contributed by atoms with Crippen molar-refractivity contribution >= 4 is 18.2 Å². The average molecular weight is 305 g/mol. The Balaban J connectivity index is 0.000000745. The van der Waals surface area contributed by atoms with Crippen LogP contribution in [0.5, 0.6) is 0 Å². The van der Waals surface area contributed by atoms with Crippen LogP contribution >= 0.6 is 0 Å². The maximum Gasteiger partial charge on any atom is 0.290 e. The maximum absolute atomic E-state index is 11.4. The number of aromatic nitrogens is 3. The van der Waals surface area contributed by atoms with E-state index in [1.807, 2.05) is 13.8 Å². The Hall–Kier alpha value is -2.90. The molecule has 0 aliphatic carbocycles. The van der Waals surface area contributed by atoms with Gasteiger partial charge in [-0.05, 0) is 25.5 Å². The topological polar surface area (TPSA) is 134 Å². The second kappa shape index (κ2) is 8.40. The van der Waals surface area contributed by atoms with E-state index in [1.165, 1.54) is 0 Å². The van der Waals surface area contributed by atoms with E-state index in [0.29, 0.717) is 17.9 Å². The molecule has 0 radical (unpaired) electrons. The summed E-state index contributed by atoms with van der Waals surface area (Å²) in [6, 6.07) is 1.76. The fraction of sp³-hybridized carbons (Fsp3) is 0.286. The van der Waals surface area contributed by atoms with Crippen LogP contribution in [0.4, 0.5) is 5.82 Å². The standard InChI is InChI=1S/C13H17N5O.CH2O2/c1-8-7-10(12(14)19)13(18-9(8)2)17-4-3-11-15-5-6-16-11;2-1-3/h5-7H,3-4H2,1-2H3,(H2,14,19)(H,15,16)(H,17,18);1H,(H,2,3). The van der Waals surface area contributed by atoms with Gasteiger partial charge in [-0.15, -0.1) is 0 Å². The summed E-state index contributed by atoms with van der Waals surface area (Å²) in [5.74, 6) is 0.940. The largest absolute Gasteiger partial charge is 0.483 e. The summed E-state index contributed by atoms with van der Waals surface area (Å²) in [6.45, 7) is 4.18. The van der Waals surface area contributed by atoms with Crippen molar-refractivity contribution in [2.45, 2.75) is 20.3 Å². The molecule has 8 nitrogen and oxygen atoms in total. The van der Waals surface area contributed by atoms with E-state index in [-0.39, 0.29) is 6.47 Å². The summed E-state index contributed by atoms with van der Waals surface area (Å²) in [4.78, 5) is 31.3. The van der Waals surface area contributed by atoms with Crippen LogP contribution in [-0.2, 0) is 11.2 Å². The van der Waals surface area contributed by atoms with Gasteiger partial charge in [-0.25, -0.2) is 9.97 Å². The predicted molar refractivity (Wildman–Crippen MR) is 81.7 cm³/mol. The van der Waals surface area contributed by atoms with Crippen molar-refractivity contribution in [3.63, 3.8) is 0 Å². The summed E-state index contributed by atoms with van der Waals surface area (Å²) < 4.78 is 0. The molecule has 2 rings (SSSR count). The number of carbonyl (C=O) groups is 2. The van der Waals surface area contributed by atoms with Gasteiger partial charge in [-0.1, -0.05) is 0 Å². The second-order valence-corrected chi connectivity index (χ2v) is 4.47. The zero-order chi connectivity index (χ0) is 16.5. The van der Waals surface area contributed by atoms with Gasteiger partial charge in [0, 0.05) is 31.1 Å². The van der Waals surface area contributed by atoms with Crippen molar-refractivity contribution in [2.24, 2.45) is 5.73 Å².